The first-order valence-corrected chi connectivity index (χ1v) is 7.36. The molecular formula is C17H17ClN2O. The van der Waals surface area contributed by atoms with Crippen molar-refractivity contribution in [3.63, 3.8) is 0 Å². The monoisotopic (exact) mass is 300 g/mol. The number of nitrogens with two attached hydrogens (primary N) is 1. The molecule has 1 amide bonds. The van der Waals surface area contributed by atoms with Crippen molar-refractivity contribution < 1.29 is 4.79 Å². The Morgan fingerprint density at radius 2 is 1.81 bits per heavy atom. The van der Waals surface area contributed by atoms with Gasteiger partial charge in [0.1, 0.15) is 0 Å². The third kappa shape index (κ3) is 2.94. The molecule has 21 heavy (non-hydrogen) atoms. The molecule has 3 rings (SSSR count). The fourth-order valence-corrected chi connectivity index (χ4v) is 3.06. The van der Waals surface area contributed by atoms with E-state index in [4.69, 9.17) is 17.3 Å². The number of rotatable bonds is 3. The molecule has 0 bridgehead atoms. The van der Waals surface area contributed by atoms with E-state index in [9.17, 15) is 4.79 Å². The average molecular weight is 301 g/mol. The highest BCUT2D eigenvalue weighted by Crippen LogP contribution is 2.26. The quantitative estimate of drug-likeness (QED) is 0.947. The Hall–Kier alpha value is -1.84. The topological polar surface area (TPSA) is 46.3 Å². The Kier molecular flexibility index (Phi) is 3.95. The van der Waals surface area contributed by atoms with Gasteiger partial charge in [0.05, 0.1) is 6.04 Å². The van der Waals surface area contributed by atoms with E-state index in [0.29, 0.717) is 13.0 Å². The lowest BCUT2D eigenvalue weighted by molar-refractivity contribution is -0.124. The van der Waals surface area contributed by atoms with Crippen LogP contribution < -0.4 is 5.73 Å². The highest BCUT2D eigenvalue weighted by molar-refractivity contribution is 6.31. The molecule has 0 aliphatic carbocycles. The van der Waals surface area contributed by atoms with E-state index in [1.54, 1.807) is 0 Å². The first-order valence-electron chi connectivity index (χ1n) is 6.98. The maximum absolute atomic E-state index is 11.8. The first-order chi connectivity index (χ1) is 10.1. The number of nitrogens with zero attached hydrogens (tertiary/aromatic N) is 1. The minimum absolute atomic E-state index is 0.281. The standard InChI is InChI=1S/C17H17ClN2O/c18-15-8-4-3-7-14(15)11-20-10-13-6-2-1-5-12(13)9-16(20)17(19)21/h1-8,16H,9-11H2,(H2,19,21)/t16-/m0/s1. The highest BCUT2D eigenvalue weighted by Gasteiger charge is 2.30. The Bertz CT molecular complexity index is 671. The van der Waals surface area contributed by atoms with Crippen molar-refractivity contribution in [2.75, 3.05) is 0 Å². The second-order valence-electron chi connectivity index (χ2n) is 5.39. The van der Waals surface area contributed by atoms with Crippen LogP contribution in [-0.4, -0.2) is 16.8 Å². The molecule has 0 spiro atoms. The number of amides is 1. The first kappa shape index (κ1) is 14.1. The Balaban J connectivity index is 1.89. The maximum atomic E-state index is 11.8. The summed E-state index contributed by atoms with van der Waals surface area (Å²) in [5.74, 6) is -0.281. The minimum atomic E-state index is -0.281. The van der Waals surface area contributed by atoms with Crippen LogP contribution in [0.3, 0.4) is 0 Å². The zero-order valence-electron chi connectivity index (χ0n) is 11.6. The van der Waals surface area contributed by atoms with Gasteiger partial charge in [0.25, 0.3) is 0 Å². The predicted octanol–water partition coefficient (Wildman–Crippen LogP) is 2.75. The number of carbonyl (C=O) groups is 1. The number of fused-ring (bicyclic) bond motifs is 1. The van der Waals surface area contributed by atoms with Crippen molar-refractivity contribution in [2.24, 2.45) is 5.73 Å². The molecule has 108 valence electrons. The van der Waals surface area contributed by atoms with Gasteiger partial charge >= 0.3 is 0 Å². The van der Waals surface area contributed by atoms with Crippen molar-refractivity contribution >= 4 is 17.5 Å². The summed E-state index contributed by atoms with van der Waals surface area (Å²) in [5.41, 5.74) is 9.07. The van der Waals surface area contributed by atoms with Gasteiger partial charge in [-0.15, -0.1) is 0 Å². The molecule has 1 aliphatic rings. The number of carbonyl (C=O) groups excluding carboxylic acids is 1. The summed E-state index contributed by atoms with van der Waals surface area (Å²) in [6, 6.07) is 15.6. The van der Waals surface area contributed by atoms with Crippen LogP contribution in [0.15, 0.2) is 48.5 Å². The summed E-state index contributed by atoms with van der Waals surface area (Å²) >= 11 is 6.23. The zero-order valence-corrected chi connectivity index (χ0v) is 12.4. The normalized spacial score (nSPS) is 18.2. The molecule has 1 heterocycles. The summed E-state index contributed by atoms with van der Waals surface area (Å²) in [4.78, 5) is 13.9. The molecule has 2 aromatic carbocycles. The summed E-state index contributed by atoms with van der Waals surface area (Å²) < 4.78 is 0. The second kappa shape index (κ2) is 5.88. The van der Waals surface area contributed by atoms with Crippen LogP contribution in [0, 0.1) is 0 Å². The van der Waals surface area contributed by atoms with E-state index < -0.39 is 0 Å². The highest BCUT2D eigenvalue weighted by atomic mass is 35.5. The zero-order chi connectivity index (χ0) is 14.8. The van der Waals surface area contributed by atoms with Crippen LogP contribution >= 0.6 is 11.6 Å². The van der Waals surface area contributed by atoms with E-state index in [-0.39, 0.29) is 11.9 Å². The third-order valence-corrected chi connectivity index (χ3v) is 4.37. The smallest absolute Gasteiger partial charge is 0.235 e. The average Bonchev–Trinajstić information content (AvgIpc) is 2.48. The van der Waals surface area contributed by atoms with Crippen LogP contribution in [-0.2, 0) is 24.3 Å². The predicted molar refractivity (Wildman–Crippen MR) is 83.8 cm³/mol. The van der Waals surface area contributed by atoms with Gasteiger partial charge in [0.2, 0.25) is 5.91 Å². The van der Waals surface area contributed by atoms with Gasteiger partial charge in [-0.2, -0.15) is 0 Å². The van der Waals surface area contributed by atoms with Gasteiger partial charge in [-0.3, -0.25) is 9.69 Å². The molecule has 3 nitrogen and oxygen atoms in total. The molecule has 1 atom stereocenters. The van der Waals surface area contributed by atoms with Gasteiger partial charge in [0, 0.05) is 18.1 Å². The van der Waals surface area contributed by atoms with Crippen molar-refractivity contribution in [2.45, 2.75) is 25.6 Å². The third-order valence-electron chi connectivity index (χ3n) is 4.01. The van der Waals surface area contributed by atoms with E-state index >= 15 is 0 Å². The summed E-state index contributed by atoms with van der Waals surface area (Å²) in [6.45, 7) is 1.34. The fourth-order valence-electron chi connectivity index (χ4n) is 2.87. The number of hydrogen-bond acceptors (Lipinski definition) is 2. The lowest BCUT2D eigenvalue weighted by Crippen LogP contribution is -2.48. The number of benzene rings is 2. The molecule has 0 saturated carbocycles. The van der Waals surface area contributed by atoms with Crippen LogP contribution in [0.2, 0.25) is 5.02 Å². The lowest BCUT2D eigenvalue weighted by Gasteiger charge is -2.35. The fraction of sp³-hybridized carbons (Fsp3) is 0.235. The van der Waals surface area contributed by atoms with Crippen LogP contribution in [0.5, 0.6) is 0 Å². The Labute approximate surface area is 129 Å². The molecular weight excluding hydrogens is 284 g/mol. The van der Waals surface area contributed by atoms with Crippen molar-refractivity contribution in [1.82, 2.24) is 4.90 Å². The van der Waals surface area contributed by atoms with E-state index in [2.05, 4.69) is 17.0 Å². The maximum Gasteiger partial charge on any atom is 0.235 e. The van der Waals surface area contributed by atoms with Crippen LogP contribution in [0.25, 0.3) is 0 Å². The molecule has 0 radical (unpaired) electrons. The van der Waals surface area contributed by atoms with Gasteiger partial charge in [-0.05, 0) is 29.2 Å². The van der Waals surface area contributed by atoms with Gasteiger partial charge in [-0.1, -0.05) is 54.1 Å². The van der Waals surface area contributed by atoms with Crippen LogP contribution in [0.1, 0.15) is 16.7 Å². The minimum Gasteiger partial charge on any atom is -0.368 e. The summed E-state index contributed by atoms with van der Waals surface area (Å²) in [5, 5.41) is 0.722. The van der Waals surface area contributed by atoms with E-state index in [1.165, 1.54) is 11.1 Å². The van der Waals surface area contributed by atoms with Crippen molar-refractivity contribution in [3.05, 3.63) is 70.2 Å². The molecule has 4 heteroatoms. The number of halogens is 1. The van der Waals surface area contributed by atoms with Crippen LogP contribution in [0.4, 0.5) is 0 Å². The SMILES string of the molecule is NC(=O)[C@@H]1Cc2ccccc2CN1Cc1ccccc1Cl. The Morgan fingerprint density at radius 1 is 1.14 bits per heavy atom. The van der Waals surface area contributed by atoms with Crippen molar-refractivity contribution in [3.8, 4) is 0 Å². The van der Waals surface area contributed by atoms with Gasteiger partial charge < -0.3 is 5.73 Å². The summed E-state index contributed by atoms with van der Waals surface area (Å²) in [7, 11) is 0. The molecule has 0 aromatic heterocycles. The Morgan fingerprint density at radius 3 is 2.52 bits per heavy atom. The van der Waals surface area contributed by atoms with E-state index in [0.717, 1.165) is 17.1 Å². The van der Waals surface area contributed by atoms with Crippen molar-refractivity contribution in [1.29, 1.82) is 0 Å². The van der Waals surface area contributed by atoms with Gasteiger partial charge in [0.15, 0.2) is 0 Å². The molecule has 1 aliphatic heterocycles. The lowest BCUT2D eigenvalue weighted by atomic mass is 9.93. The largest absolute Gasteiger partial charge is 0.368 e. The summed E-state index contributed by atoms with van der Waals surface area (Å²) in [6.07, 6.45) is 0.663. The van der Waals surface area contributed by atoms with Gasteiger partial charge in [-0.25, -0.2) is 0 Å². The number of primary amides is 1. The number of hydrogen-bond donors (Lipinski definition) is 1. The molecule has 0 unspecified atom stereocenters. The molecule has 0 fully saturated rings. The molecule has 2 aromatic rings. The second-order valence-corrected chi connectivity index (χ2v) is 5.79. The van der Waals surface area contributed by atoms with E-state index in [1.807, 2.05) is 36.4 Å². The molecule has 0 saturated heterocycles. The molecule has 2 N–H and O–H groups in total.